The van der Waals surface area contributed by atoms with E-state index in [4.69, 9.17) is 4.74 Å². The quantitative estimate of drug-likeness (QED) is 0.161. The Hall–Kier alpha value is -1.43. The van der Waals surface area contributed by atoms with E-state index in [2.05, 4.69) is 122 Å². The van der Waals surface area contributed by atoms with E-state index in [1.165, 1.54) is 61.9 Å². The molecule has 0 bridgehead atoms. The van der Waals surface area contributed by atoms with Crippen molar-refractivity contribution < 1.29 is 22.7 Å². The highest BCUT2D eigenvalue weighted by atomic mass is 32.2. The van der Waals surface area contributed by atoms with Gasteiger partial charge in [-0.15, -0.1) is 0 Å². The Bertz CT molecular complexity index is 1300. The molecule has 2 amide bonds. The normalized spacial score (nSPS) is 20.6. The van der Waals surface area contributed by atoms with Gasteiger partial charge in [-0.3, -0.25) is 9.59 Å². The van der Waals surface area contributed by atoms with Gasteiger partial charge in [0, 0.05) is 120 Å². The van der Waals surface area contributed by atoms with Crippen molar-refractivity contribution in [3.8, 4) is 0 Å². The first-order valence-electron chi connectivity index (χ1n) is 24.9. The predicted octanol–water partition coefficient (Wildman–Crippen LogP) is 5.42. The molecule has 6 rings (SSSR count). The summed E-state index contributed by atoms with van der Waals surface area (Å²) < 4.78 is 28.3. The molecule has 4 aliphatic heterocycles. The minimum atomic E-state index is -2.94. The van der Waals surface area contributed by atoms with Gasteiger partial charge in [0.25, 0.3) is 0 Å². The molecule has 0 aromatic carbocycles. The number of sulfonamides is 1. The highest BCUT2D eigenvalue weighted by Crippen LogP contribution is 2.23. The van der Waals surface area contributed by atoms with Crippen LogP contribution in [0.25, 0.3) is 0 Å². The lowest BCUT2D eigenvalue weighted by Crippen LogP contribution is -2.60. The summed E-state index contributed by atoms with van der Waals surface area (Å²) in [4.78, 5) is 28.1. The molecule has 0 unspecified atom stereocenters. The van der Waals surface area contributed by atoms with Gasteiger partial charge in [-0.1, -0.05) is 94.9 Å². The molecule has 0 aromatic heterocycles. The van der Waals surface area contributed by atoms with E-state index in [1.807, 2.05) is 9.80 Å². The van der Waals surface area contributed by atoms with Crippen LogP contribution >= 0.6 is 0 Å². The number of likely N-dealkylation sites (tertiary alicyclic amines) is 2. The predicted molar refractivity (Wildman–Crippen MR) is 265 cm³/mol. The molecule has 6 fully saturated rings. The van der Waals surface area contributed by atoms with Gasteiger partial charge in [0.2, 0.25) is 21.8 Å². The lowest BCUT2D eigenvalue weighted by Gasteiger charge is -2.40. The van der Waals surface area contributed by atoms with E-state index in [-0.39, 0.29) is 11.8 Å². The van der Waals surface area contributed by atoms with Gasteiger partial charge in [-0.2, -0.15) is 4.31 Å². The Kier molecular flexibility index (Phi) is 29.8. The zero-order valence-corrected chi connectivity index (χ0v) is 44.2. The van der Waals surface area contributed by atoms with Crippen LogP contribution in [0.1, 0.15) is 161 Å². The number of ether oxygens (including phenoxy) is 1. The van der Waals surface area contributed by atoms with Crippen LogP contribution in [0.2, 0.25) is 0 Å². The maximum atomic E-state index is 11.0. The van der Waals surface area contributed by atoms with Crippen molar-refractivity contribution in [2.24, 2.45) is 0 Å². The molecule has 5 N–H and O–H groups in total. The van der Waals surface area contributed by atoms with E-state index < -0.39 is 10.0 Å². The van der Waals surface area contributed by atoms with Crippen molar-refractivity contribution in [1.82, 2.24) is 45.6 Å². The van der Waals surface area contributed by atoms with Gasteiger partial charge < -0.3 is 46.0 Å². The summed E-state index contributed by atoms with van der Waals surface area (Å²) in [6.07, 6.45) is 14.9. The average Bonchev–Trinajstić information content (AvgIpc) is 3.85. The van der Waals surface area contributed by atoms with Crippen LogP contribution < -0.4 is 26.6 Å². The van der Waals surface area contributed by atoms with Gasteiger partial charge in [-0.05, 0) is 59.4 Å². The van der Waals surface area contributed by atoms with Gasteiger partial charge >= 0.3 is 0 Å². The maximum absolute atomic E-state index is 11.0. The monoisotopic (exact) mass is 916 g/mol. The lowest BCUT2D eigenvalue weighted by atomic mass is 10.0. The van der Waals surface area contributed by atoms with Gasteiger partial charge in [0.15, 0.2) is 0 Å². The molecule has 0 atom stereocenters. The molecule has 2 aliphatic carbocycles. The van der Waals surface area contributed by atoms with Gasteiger partial charge in [-0.25, -0.2) is 8.42 Å². The van der Waals surface area contributed by atoms with Crippen LogP contribution in [0.3, 0.4) is 0 Å². The summed E-state index contributed by atoms with van der Waals surface area (Å²) in [6, 6.07) is 7.34. The number of carbonyl (C=O) groups excluding carboxylic acids is 2. The first-order valence-corrected chi connectivity index (χ1v) is 26.8. The SMILES string of the molecule is CC(=O)N1CC(NC(C)C)C1.CC(=O)N1CCC(NC(C)C)CC1.CC(C)N(C)C1CCCC1.CC(C)NC1CCCC1.CC(C)NC1CN(S(C)(=O)=O)C1.CC(C)NC1COC1. The summed E-state index contributed by atoms with van der Waals surface area (Å²) in [5.74, 6) is 0.398. The van der Waals surface area contributed by atoms with E-state index in [1.54, 1.807) is 13.8 Å². The number of hydrogen-bond acceptors (Lipinski definition) is 11. The van der Waals surface area contributed by atoms with Crippen LogP contribution in [0.4, 0.5) is 0 Å². The number of rotatable bonds is 13. The third-order valence-corrected chi connectivity index (χ3v) is 13.4. The first-order chi connectivity index (χ1) is 29.4. The summed E-state index contributed by atoms with van der Waals surface area (Å²) in [6.45, 7) is 35.9. The zero-order chi connectivity index (χ0) is 47.9. The zero-order valence-electron chi connectivity index (χ0n) is 43.4. The van der Waals surface area contributed by atoms with Crippen LogP contribution in [0, 0.1) is 0 Å². The first kappa shape index (κ1) is 59.6. The molecule has 63 heavy (non-hydrogen) atoms. The number of nitrogens with one attached hydrogen (secondary N) is 5. The summed E-state index contributed by atoms with van der Waals surface area (Å²) >= 11 is 0. The summed E-state index contributed by atoms with van der Waals surface area (Å²) in [5.41, 5.74) is 0. The molecule has 4 heterocycles. The molecular weight excluding hydrogens is 815 g/mol. The Morgan fingerprint density at radius 1 is 0.524 bits per heavy atom. The number of amides is 2. The topological polar surface area (TPSA) is 151 Å². The minimum Gasteiger partial charge on any atom is -0.378 e. The minimum absolute atomic E-state index is 0.187. The van der Waals surface area contributed by atoms with Crippen molar-refractivity contribution in [1.29, 1.82) is 0 Å². The Balaban J connectivity index is 0.000000380. The van der Waals surface area contributed by atoms with Crippen LogP contribution in [0.15, 0.2) is 0 Å². The second-order valence-corrected chi connectivity index (χ2v) is 22.7. The molecule has 15 heteroatoms. The van der Waals surface area contributed by atoms with Crippen LogP contribution in [-0.2, 0) is 24.3 Å². The third-order valence-electron chi connectivity index (χ3n) is 12.1. The number of piperidine rings is 1. The van der Waals surface area contributed by atoms with E-state index in [0.717, 1.165) is 70.4 Å². The van der Waals surface area contributed by atoms with Gasteiger partial charge in [0.05, 0.1) is 25.5 Å². The fourth-order valence-electron chi connectivity index (χ4n) is 8.53. The largest absolute Gasteiger partial charge is 0.378 e. The van der Waals surface area contributed by atoms with Crippen molar-refractivity contribution in [2.45, 2.75) is 234 Å². The molecular formula is C48H101N9O5S. The number of hydrogen-bond donors (Lipinski definition) is 5. The van der Waals surface area contributed by atoms with Crippen molar-refractivity contribution in [3.05, 3.63) is 0 Å². The Morgan fingerprint density at radius 2 is 0.873 bits per heavy atom. The van der Waals surface area contributed by atoms with Crippen LogP contribution in [0.5, 0.6) is 0 Å². The molecule has 2 saturated carbocycles. The van der Waals surface area contributed by atoms with E-state index in [9.17, 15) is 18.0 Å². The van der Waals surface area contributed by atoms with E-state index in [0.29, 0.717) is 67.5 Å². The fourth-order valence-corrected chi connectivity index (χ4v) is 9.43. The molecule has 4 saturated heterocycles. The highest BCUT2D eigenvalue weighted by molar-refractivity contribution is 7.88. The third kappa shape index (κ3) is 27.7. The summed E-state index contributed by atoms with van der Waals surface area (Å²) in [5, 5.41) is 17.0. The lowest BCUT2D eigenvalue weighted by molar-refractivity contribution is -0.133. The smallest absolute Gasteiger partial charge is 0.219 e. The number of nitrogens with zero attached hydrogens (tertiary/aromatic N) is 4. The molecule has 374 valence electrons. The van der Waals surface area contributed by atoms with Crippen molar-refractivity contribution in [3.63, 3.8) is 0 Å². The van der Waals surface area contributed by atoms with E-state index >= 15 is 0 Å². The van der Waals surface area contributed by atoms with Crippen molar-refractivity contribution in [2.75, 3.05) is 65.8 Å². The average molecular weight is 916 g/mol. The van der Waals surface area contributed by atoms with Gasteiger partial charge in [0.1, 0.15) is 0 Å². The summed E-state index contributed by atoms with van der Waals surface area (Å²) in [7, 11) is -0.691. The maximum Gasteiger partial charge on any atom is 0.219 e. The fraction of sp³-hybridized carbons (Fsp3) is 0.958. The molecule has 0 aromatic rings. The Labute approximate surface area is 388 Å². The van der Waals surface area contributed by atoms with Crippen LogP contribution in [-0.4, -0.2) is 178 Å². The number of carbonyl (C=O) groups is 2. The molecule has 0 radical (unpaired) electrons. The molecule has 14 nitrogen and oxygen atoms in total. The second-order valence-electron chi connectivity index (χ2n) is 20.7. The second kappa shape index (κ2) is 31.5. The Morgan fingerprint density at radius 3 is 1.19 bits per heavy atom. The standard InChI is InChI=1S/C10H20N2O.C9H19N.C8H16N2O.C8H17N.C7H16N2O2S.C6H13NO/c1-8(2)11-10-4-6-12(7-5-10)9(3)13;1-8(2)10(3)9-6-4-5-7-9;1-6(2)9-8-4-10(5-8)7(3)11;1-7(2)9-8-5-3-4-6-8;1-6(2)8-7-4-9(5-7)12(3,10)11;1-5(2)7-6-3-8-4-6/h8,10-11H,4-7H2,1-3H3;8-9H,4-7H2,1-3H3;6,8-9H,4-5H2,1-3H3;7-9H,3-6H2,1-2H3;6-8H,4-5H2,1-3H3;5-7H,3-4H2,1-2H3. The highest BCUT2D eigenvalue weighted by Gasteiger charge is 2.33. The molecule has 0 spiro atoms. The molecule has 6 aliphatic rings. The van der Waals surface area contributed by atoms with Crippen molar-refractivity contribution >= 4 is 21.8 Å².